The number of carbonyl (C=O) groups is 1. The maximum absolute atomic E-state index is 11.8. The number of nitrogens with one attached hydrogen (secondary N) is 2. The predicted molar refractivity (Wildman–Crippen MR) is 66.0 cm³/mol. The van der Waals surface area contributed by atoms with Crippen molar-refractivity contribution in [3.63, 3.8) is 0 Å². The summed E-state index contributed by atoms with van der Waals surface area (Å²) >= 11 is 0. The summed E-state index contributed by atoms with van der Waals surface area (Å²) in [5, 5.41) is 17.3. The average Bonchev–Trinajstić information content (AvgIpc) is 2.81. The molecule has 1 amide bonds. The first-order valence-corrected chi connectivity index (χ1v) is 5.47. The van der Waals surface area contributed by atoms with Gasteiger partial charge >= 0.3 is 0 Å². The van der Waals surface area contributed by atoms with E-state index in [-0.39, 0.29) is 11.6 Å². The van der Waals surface area contributed by atoms with Crippen LogP contribution in [-0.2, 0) is 13.6 Å². The molecule has 7 heteroatoms. The van der Waals surface area contributed by atoms with Crippen LogP contribution in [0.2, 0.25) is 0 Å². The number of hydrogen-bond acceptors (Lipinski definition) is 5. The summed E-state index contributed by atoms with van der Waals surface area (Å²) in [5.41, 5.74) is 1.21. The highest BCUT2D eigenvalue weighted by Crippen LogP contribution is 2.01. The molecule has 0 spiro atoms. The molecule has 0 aliphatic heterocycles. The number of carbonyl (C=O) groups excluding carboxylic acids is 1. The van der Waals surface area contributed by atoms with Crippen LogP contribution in [0.3, 0.4) is 0 Å². The van der Waals surface area contributed by atoms with Crippen molar-refractivity contribution in [3.05, 3.63) is 35.8 Å². The van der Waals surface area contributed by atoms with Crippen molar-refractivity contribution in [3.8, 4) is 0 Å². The molecule has 94 valence electrons. The Bertz CT molecular complexity index is 533. The Balaban J connectivity index is 1.97. The zero-order valence-corrected chi connectivity index (χ0v) is 10.2. The Hall–Kier alpha value is -2.44. The maximum atomic E-state index is 11.8. The lowest BCUT2D eigenvalue weighted by Gasteiger charge is -2.05. The van der Waals surface area contributed by atoms with Gasteiger partial charge in [-0.05, 0) is 18.2 Å². The number of hydrogen-bond donors (Lipinski definition) is 2. The molecule has 2 N–H and O–H groups in total. The van der Waals surface area contributed by atoms with Crippen molar-refractivity contribution >= 4 is 11.7 Å². The zero-order chi connectivity index (χ0) is 13.0. The number of aromatic nitrogens is 4. The third-order valence-corrected chi connectivity index (χ3v) is 2.51. The molecule has 2 aromatic rings. The lowest BCUT2D eigenvalue weighted by atomic mass is 10.3. The second kappa shape index (κ2) is 5.26. The lowest BCUT2D eigenvalue weighted by molar-refractivity contribution is 0.0944. The largest absolute Gasteiger partial charge is 0.372 e. The van der Waals surface area contributed by atoms with Crippen LogP contribution in [-0.4, -0.2) is 32.9 Å². The van der Waals surface area contributed by atoms with Crippen molar-refractivity contribution < 1.29 is 4.79 Å². The fourth-order valence-electron chi connectivity index (χ4n) is 1.42. The molecule has 7 nitrogen and oxygen atoms in total. The van der Waals surface area contributed by atoms with Gasteiger partial charge < -0.3 is 10.6 Å². The summed E-state index contributed by atoms with van der Waals surface area (Å²) in [7, 11) is 3.56. The molecular weight excluding hydrogens is 232 g/mol. The minimum atomic E-state index is -0.258. The van der Waals surface area contributed by atoms with E-state index in [2.05, 4.69) is 25.9 Å². The Morgan fingerprint density at radius 3 is 2.72 bits per heavy atom. The predicted octanol–water partition coefficient (Wildman–Crippen LogP) is 0.182. The highest BCUT2D eigenvalue weighted by atomic mass is 16.1. The second-order valence-electron chi connectivity index (χ2n) is 3.68. The van der Waals surface area contributed by atoms with E-state index in [0.29, 0.717) is 12.4 Å². The van der Waals surface area contributed by atoms with Crippen LogP contribution in [0.25, 0.3) is 0 Å². The van der Waals surface area contributed by atoms with E-state index in [4.69, 9.17) is 0 Å². The molecule has 2 rings (SSSR count). The first kappa shape index (κ1) is 12.0. The Kier molecular flexibility index (Phi) is 3.52. The quantitative estimate of drug-likeness (QED) is 0.804. The van der Waals surface area contributed by atoms with Crippen LogP contribution in [0.5, 0.6) is 0 Å². The van der Waals surface area contributed by atoms with Gasteiger partial charge in [-0.1, -0.05) is 0 Å². The molecular formula is C11H14N6O. The summed E-state index contributed by atoms with van der Waals surface area (Å²) < 4.78 is 1.70. The monoisotopic (exact) mass is 246 g/mol. The molecule has 0 aliphatic carbocycles. The van der Waals surface area contributed by atoms with Crippen LogP contribution in [0.15, 0.2) is 24.4 Å². The summed E-state index contributed by atoms with van der Waals surface area (Å²) in [5.74, 6) is 0.365. The first-order chi connectivity index (χ1) is 8.70. The molecule has 0 aromatic carbocycles. The van der Waals surface area contributed by atoms with Crippen LogP contribution in [0.1, 0.15) is 16.2 Å². The Labute approximate surface area is 104 Å². The maximum Gasteiger partial charge on any atom is 0.272 e. The molecule has 0 fully saturated rings. The first-order valence-electron chi connectivity index (χ1n) is 5.47. The standard InChI is InChI=1S/C11H14N6O/c1-12-10-4-3-9(15-16-10)11(18)13-7-8-5-6-14-17(8)2/h3-6H,7H2,1-2H3,(H,12,16)(H,13,18). The molecule has 18 heavy (non-hydrogen) atoms. The van der Waals surface area contributed by atoms with Crippen molar-refractivity contribution in [1.29, 1.82) is 0 Å². The average molecular weight is 246 g/mol. The van der Waals surface area contributed by atoms with Gasteiger partial charge in [0.25, 0.3) is 5.91 Å². The molecule has 2 heterocycles. The number of nitrogens with zero attached hydrogens (tertiary/aromatic N) is 4. The normalized spacial score (nSPS) is 10.1. The van der Waals surface area contributed by atoms with E-state index in [1.165, 1.54) is 0 Å². The van der Waals surface area contributed by atoms with Gasteiger partial charge in [-0.2, -0.15) is 5.10 Å². The van der Waals surface area contributed by atoms with E-state index < -0.39 is 0 Å². The van der Waals surface area contributed by atoms with Crippen molar-refractivity contribution in [2.24, 2.45) is 7.05 Å². The highest BCUT2D eigenvalue weighted by Gasteiger charge is 2.08. The minimum absolute atomic E-state index is 0.258. The van der Waals surface area contributed by atoms with Crippen LogP contribution in [0.4, 0.5) is 5.82 Å². The van der Waals surface area contributed by atoms with Gasteiger partial charge in [0.1, 0.15) is 5.82 Å². The van der Waals surface area contributed by atoms with E-state index in [1.807, 2.05) is 13.1 Å². The molecule has 0 saturated carbocycles. The fourth-order valence-corrected chi connectivity index (χ4v) is 1.42. The summed E-state index contributed by atoms with van der Waals surface area (Å²) in [4.78, 5) is 11.8. The summed E-state index contributed by atoms with van der Waals surface area (Å²) in [6.07, 6.45) is 1.68. The Morgan fingerprint density at radius 1 is 1.33 bits per heavy atom. The van der Waals surface area contributed by atoms with Crippen molar-refractivity contribution in [2.45, 2.75) is 6.54 Å². The highest BCUT2D eigenvalue weighted by molar-refractivity contribution is 5.92. The molecule has 0 unspecified atom stereocenters. The van der Waals surface area contributed by atoms with Gasteiger partial charge in [0, 0.05) is 20.3 Å². The fraction of sp³-hybridized carbons (Fsp3) is 0.273. The Morgan fingerprint density at radius 2 is 2.17 bits per heavy atom. The van der Waals surface area contributed by atoms with Gasteiger partial charge in [-0.15, -0.1) is 10.2 Å². The molecule has 0 bridgehead atoms. The van der Waals surface area contributed by atoms with E-state index >= 15 is 0 Å². The zero-order valence-electron chi connectivity index (χ0n) is 10.2. The van der Waals surface area contributed by atoms with Gasteiger partial charge in [-0.3, -0.25) is 9.48 Å². The SMILES string of the molecule is CNc1ccc(C(=O)NCc2ccnn2C)nn1. The van der Waals surface area contributed by atoms with E-state index in [9.17, 15) is 4.79 Å². The van der Waals surface area contributed by atoms with Crippen LogP contribution >= 0.6 is 0 Å². The number of amides is 1. The van der Waals surface area contributed by atoms with E-state index in [0.717, 1.165) is 5.69 Å². The molecule has 0 aliphatic rings. The number of anilines is 1. The molecule has 0 atom stereocenters. The number of rotatable bonds is 4. The summed E-state index contributed by atoms with van der Waals surface area (Å²) in [6.45, 7) is 0.408. The molecule has 0 radical (unpaired) electrons. The third kappa shape index (κ3) is 2.62. The van der Waals surface area contributed by atoms with Gasteiger partial charge in [0.2, 0.25) is 0 Å². The molecule has 2 aromatic heterocycles. The lowest BCUT2D eigenvalue weighted by Crippen LogP contribution is -2.25. The van der Waals surface area contributed by atoms with Gasteiger partial charge in [0.15, 0.2) is 5.69 Å². The third-order valence-electron chi connectivity index (χ3n) is 2.51. The van der Waals surface area contributed by atoms with Crippen LogP contribution < -0.4 is 10.6 Å². The van der Waals surface area contributed by atoms with Gasteiger partial charge in [0.05, 0.1) is 12.2 Å². The van der Waals surface area contributed by atoms with Crippen LogP contribution in [0, 0.1) is 0 Å². The van der Waals surface area contributed by atoms with Crippen molar-refractivity contribution in [2.75, 3.05) is 12.4 Å². The minimum Gasteiger partial charge on any atom is -0.372 e. The van der Waals surface area contributed by atoms with E-state index in [1.54, 1.807) is 30.1 Å². The summed E-state index contributed by atoms with van der Waals surface area (Å²) in [6, 6.07) is 5.17. The second-order valence-corrected chi connectivity index (χ2v) is 3.68. The smallest absolute Gasteiger partial charge is 0.272 e. The number of aryl methyl sites for hydroxylation is 1. The molecule has 0 saturated heterocycles. The van der Waals surface area contributed by atoms with Crippen molar-refractivity contribution in [1.82, 2.24) is 25.3 Å². The van der Waals surface area contributed by atoms with Gasteiger partial charge in [-0.25, -0.2) is 0 Å². The topological polar surface area (TPSA) is 84.7 Å².